The van der Waals surface area contributed by atoms with Crippen LogP contribution in [0.1, 0.15) is 50.4 Å². The van der Waals surface area contributed by atoms with Crippen LogP contribution >= 0.6 is 11.6 Å². The van der Waals surface area contributed by atoms with Crippen molar-refractivity contribution in [2.24, 2.45) is 4.99 Å². The van der Waals surface area contributed by atoms with Gasteiger partial charge >= 0.3 is 0 Å². The molecular formula is C24H29ClFN5O2. The summed E-state index contributed by atoms with van der Waals surface area (Å²) >= 11 is 6.20. The Balaban J connectivity index is 1.49. The highest BCUT2D eigenvalue weighted by molar-refractivity contribution is 6.43. The fourth-order valence-corrected chi connectivity index (χ4v) is 4.27. The van der Waals surface area contributed by atoms with Gasteiger partial charge in [-0.15, -0.1) is 0 Å². The molecule has 1 aliphatic carbocycles. The molecule has 0 atom stereocenters. The molecular weight excluding hydrogens is 445 g/mol. The number of ether oxygens (including phenoxy) is 1. The van der Waals surface area contributed by atoms with Crippen LogP contribution in [0.2, 0.25) is 0 Å². The normalized spacial score (nSPS) is 25.1. The lowest BCUT2D eigenvalue weighted by atomic mass is 9.89. The van der Waals surface area contributed by atoms with E-state index in [1.807, 2.05) is 6.92 Å². The van der Waals surface area contributed by atoms with Crippen LogP contribution in [0.15, 0.2) is 45.3 Å². The second-order valence-electron chi connectivity index (χ2n) is 8.73. The zero-order valence-electron chi connectivity index (χ0n) is 19.1. The van der Waals surface area contributed by atoms with Crippen molar-refractivity contribution in [1.29, 1.82) is 5.41 Å². The molecule has 2 aliphatic heterocycles. The summed E-state index contributed by atoms with van der Waals surface area (Å²) in [7, 11) is 0. The highest BCUT2D eigenvalue weighted by Gasteiger charge is 2.34. The van der Waals surface area contributed by atoms with Gasteiger partial charge in [-0.3, -0.25) is 4.79 Å². The number of hydrogen-bond acceptors (Lipinski definition) is 6. The summed E-state index contributed by atoms with van der Waals surface area (Å²) in [5.41, 5.74) is 2.66. The number of rotatable bonds is 6. The number of likely N-dealkylation sites (tertiary alicyclic amines) is 1. The van der Waals surface area contributed by atoms with Crippen LogP contribution < -0.4 is 15.4 Å². The molecule has 2 fully saturated rings. The van der Waals surface area contributed by atoms with Gasteiger partial charge in [0.2, 0.25) is 0 Å². The number of nitrogens with zero attached hydrogens (tertiary/aromatic N) is 2. The Labute approximate surface area is 198 Å². The quantitative estimate of drug-likeness (QED) is 0.583. The van der Waals surface area contributed by atoms with Crippen molar-refractivity contribution in [1.82, 2.24) is 15.5 Å². The summed E-state index contributed by atoms with van der Waals surface area (Å²) < 4.78 is 20.0. The van der Waals surface area contributed by atoms with Crippen LogP contribution in [-0.2, 0) is 0 Å². The predicted molar refractivity (Wildman–Crippen MR) is 128 cm³/mol. The first kappa shape index (κ1) is 23.4. The number of carbonyl (C=O) groups excluding carboxylic acids is 1. The van der Waals surface area contributed by atoms with E-state index in [9.17, 15) is 9.18 Å². The molecule has 33 heavy (non-hydrogen) atoms. The topological polar surface area (TPSA) is 89.8 Å². The average molecular weight is 474 g/mol. The number of halogens is 2. The van der Waals surface area contributed by atoms with Crippen LogP contribution in [0.3, 0.4) is 0 Å². The Morgan fingerprint density at radius 1 is 1.36 bits per heavy atom. The van der Waals surface area contributed by atoms with Gasteiger partial charge in [0, 0.05) is 23.4 Å². The number of nitrogens with one attached hydrogen (secondary N) is 3. The molecule has 1 aromatic carbocycles. The van der Waals surface area contributed by atoms with Crippen molar-refractivity contribution >= 4 is 28.9 Å². The number of allylic oxidation sites excluding steroid dienone is 2. The molecule has 0 bridgehead atoms. The van der Waals surface area contributed by atoms with Crippen molar-refractivity contribution in [2.45, 2.75) is 52.2 Å². The molecule has 3 N–H and O–H groups in total. The van der Waals surface area contributed by atoms with Gasteiger partial charge in [-0.2, -0.15) is 0 Å². The van der Waals surface area contributed by atoms with Gasteiger partial charge in [0.1, 0.15) is 23.5 Å². The molecule has 0 spiro atoms. The number of benzene rings is 1. The molecule has 1 saturated heterocycles. The van der Waals surface area contributed by atoms with Crippen molar-refractivity contribution in [2.75, 3.05) is 19.6 Å². The predicted octanol–water partition coefficient (Wildman–Crippen LogP) is 3.96. The van der Waals surface area contributed by atoms with E-state index < -0.39 is 5.82 Å². The van der Waals surface area contributed by atoms with Gasteiger partial charge in [0.15, 0.2) is 0 Å². The van der Waals surface area contributed by atoms with E-state index in [0.717, 1.165) is 31.5 Å². The number of hydrogen-bond donors (Lipinski definition) is 3. The Kier molecular flexibility index (Phi) is 6.86. The molecule has 1 saturated carbocycles. The molecule has 0 radical (unpaired) electrons. The third-order valence-corrected chi connectivity index (χ3v) is 6.67. The summed E-state index contributed by atoms with van der Waals surface area (Å²) in [6, 6.07) is 4.39. The fourth-order valence-electron chi connectivity index (χ4n) is 4.18. The van der Waals surface area contributed by atoms with Crippen molar-refractivity contribution < 1.29 is 13.9 Å². The van der Waals surface area contributed by atoms with Crippen LogP contribution in [-0.4, -0.2) is 54.0 Å². The van der Waals surface area contributed by atoms with E-state index in [1.165, 1.54) is 18.2 Å². The first-order valence-corrected chi connectivity index (χ1v) is 11.6. The maximum absolute atomic E-state index is 14.0. The highest BCUT2D eigenvalue weighted by atomic mass is 35.5. The minimum Gasteiger partial charge on any atom is -0.489 e. The fraction of sp³-hybridized carbons (Fsp3) is 0.458. The van der Waals surface area contributed by atoms with Gasteiger partial charge < -0.3 is 25.7 Å². The minimum atomic E-state index is -0.450. The molecule has 7 nitrogen and oxygen atoms in total. The molecule has 2 heterocycles. The third kappa shape index (κ3) is 4.96. The Morgan fingerprint density at radius 2 is 2.12 bits per heavy atom. The second-order valence-corrected chi connectivity index (χ2v) is 9.11. The SMILES string of the molecule is CCCN[C@H]1C[C@H](Oc2cc(F)ccc2C(=O)N2CC(=N)/C(=C3/N=C(C)C(Cl)=C(C)N3)C2)C1. The maximum Gasteiger partial charge on any atom is 0.258 e. The molecule has 3 aliphatic rings. The summed E-state index contributed by atoms with van der Waals surface area (Å²) in [6.45, 7) is 7.10. The molecule has 0 aromatic heterocycles. The van der Waals surface area contributed by atoms with Gasteiger partial charge in [-0.1, -0.05) is 18.5 Å². The Morgan fingerprint density at radius 3 is 2.82 bits per heavy atom. The van der Waals surface area contributed by atoms with Crippen LogP contribution in [0.25, 0.3) is 0 Å². The number of amides is 1. The number of aliphatic imine (C=N–C) groups is 1. The Hall–Kier alpha value is -2.71. The van der Waals surface area contributed by atoms with Gasteiger partial charge in [0.25, 0.3) is 5.91 Å². The lowest BCUT2D eigenvalue weighted by Gasteiger charge is -2.36. The van der Waals surface area contributed by atoms with E-state index in [1.54, 1.807) is 11.8 Å². The summed E-state index contributed by atoms with van der Waals surface area (Å²) in [6.07, 6.45) is 2.67. The average Bonchev–Trinajstić information content (AvgIpc) is 3.14. The molecule has 4 rings (SSSR count). The van der Waals surface area contributed by atoms with Gasteiger partial charge in [-0.05, 0) is 51.8 Å². The van der Waals surface area contributed by atoms with Gasteiger partial charge in [-0.25, -0.2) is 9.38 Å². The molecule has 1 amide bonds. The molecule has 9 heteroatoms. The van der Waals surface area contributed by atoms with E-state index in [0.29, 0.717) is 39.5 Å². The van der Waals surface area contributed by atoms with E-state index >= 15 is 0 Å². The summed E-state index contributed by atoms with van der Waals surface area (Å²) in [5, 5.41) is 15.5. The van der Waals surface area contributed by atoms with Crippen molar-refractivity contribution in [3.63, 3.8) is 0 Å². The third-order valence-electron chi connectivity index (χ3n) is 6.11. The zero-order chi connectivity index (χ0) is 23.7. The van der Waals surface area contributed by atoms with E-state index in [-0.39, 0.29) is 30.9 Å². The first-order chi connectivity index (χ1) is 15.8. The largest absolute Gasteiger partial charge is 0.489 e. The van der Waals surface area contributed by atoms with Crippen LogP contribution in [0.4, 0.5) is 4.39 Å². The first-order valence-electron chi connectivity index (χ1n) is 11.3. The lowest BCUT2D eigenvalue weighted by molar-refractivity contribution is 0.0741. The second kappa shape index (κ2) is 9.65. The van der Waals surface area contributed by atoms with Crippen LogP contribution in [0.5, 0.6) is 5.75 Å². The molecule has 176 valence electrons. The molecule has 1 aromatic rings. The smallest absolute Gasteiger partial charge is 0.258 e. The van der Waals surface area contributed by atoms with E-state index in [4.69, 9.17) is 21.7 Å². The van der Waals surface area contributed by atoms with Gasteiger partial charge in [0.05, 0.1) is 35.1 Å². The monoisotopic (exact) mass is 473 g/mol. The standard InChI is InChI=1S/C24H29ClFN5O2/c1-4-7-28-16-9-17(10-16)33-21-8-15(26)5-6-18(21)24(32)31-11-19(20(27)12-31)23-29-13(2)22(25)14(3)30-23/h5-6,8,16-17,27-29H,4,7,9-12H2,1-3H3/b23-19+,27-20?/t16-,17-. The van der Waals surface area contributed by atoms with Crippen LogP contribution in [0, 0.1) is 11.2 Å². The zero-order valence-corrected chi connectivity index (χ0v) is 19.9. The summed E-state index contributed by atoms with van der Waals surface area (Å²) in [4.78, 5) is 19.4. The highest BCUT2D eigenvalue weighted by Crippen LogP contribution is 2.31. The minimum absolute atomic E-state index is 0.0504. The lowest BCUT2D eigenvalue weighted by Crippen LogP contribution is -2.47. The number of carbonyl (C=O) groups is 1. The van der Waals surface area contributed by atoms with Crippen molar-refractivity contribution in [3.8, 4) is 5.75 Å². The Bertz CT molecular complexity index is 1070. The maximum atomic E-state index is 14.0. The van der Waals surface area contributed by atoms with E-state index in [2.05, 4.69) is 22.5 Å². The molecule has 0 unspecified atom stereocenters. The summed E-state index contributed by atoms with van der Waals surface area (Å²) in [5.74, 6) is 0.0353. The van der Waals surface area contributed by atoms with Crippen molar-refractivity contribution in [3.05, 3.63) is 51.7 Å².